The van der Waals surface area contributed by atoms with Gasteiger partial charge in [-0.15, -0.1) is 0 Å². The number of aryl methyl sites for hydroxylation is 2. The third-order valence-electron chi connectivity index (χ3n) is 5.46. The Morgan fingerprint density at radius 3 is 2.63 bits per heavy atom. The summed E-state index contributed by atoms with van der Waals surface area (Å²) in [6.45, 7) is 7.01. The molecule has 6 nitrogen and oxygen atoms in total. The highest BCUT2D eigenvalue weighted by Gasteiger charge is 2.34. The number of anilines is 1. The number of hydrogen-bond acceptors (Lipinski definition) is 3. The standard InChI is InChI=1S/C24H30N4O2/c1-4-18-10-8-12-20(15-18)26-24(30)25-14-13-21-22(5-2)27-28(23(21)29)16-19-11-7-6-9-17(19)3/h6-12,15,21H,4-5,13-14,16H2,1-3H3,(H2,25,26,30)/t21-/m0/s1. The van der Waals surface area contributed by atoms with E-state index < -0.39 is 0 Å². The Labute approximate surface area is 178 Å². The summed E-state index contributed by atoms with van der Waals surface area (Å²) in [5.41, 5.74) is 5.06. The van der Waals surface area contributed by atoms with Crippen molar-refractivity contribution in [2.75, 3.05) is 11.9 Å². The molecule has 0 radical (unpaired) electrons. The molecule has 2 N–H and O–H groups in total. The molecule has 158 valence electrons. The maximum Gasteiger partial charge on any atom is 0.319 e. The third-order valence-corrected chi connectivity index (χ3v) is 5.46. The van der Waals surface area contributed by atoms with E-state index in [0.29, 0.717) is 19.5 Å². The van der Waals surface area contributed by atoms with E-state index in [1.165, 1.54) is 5.56 Å². The monoisotopic (exact) mass is 406 g/mol. The molecule has 3 amide bonds. The maximum atomic E-state index is 12.9. The summed E-state index contributed by atoms with van der Waals surface area (Å²) < 4.78 is 0. The summed E-state index contributed by atoms with van der Waals surface area (Å²) in [4.78, 5) is 25.1. The molecule has 0 spiro atoms. The molecule has 1 aliphatic rings. The molecule has 0 saturated heterocycles. The number of nitrogens with zero attached hydrogens (tertiary/aromatic N) is 2. The van der Waals surface area contributed by atoms with E-state index in [9.17, 15) is 9.59 Å². The highest BCUT2D eigenvalue weighted by molar-refractivity contribution is 6.07. The van der Waals surface area contributed by atoms with Crippen LogP contribution in [-0.2, 0) is 17.8 Å². The fraction of sp³-hybridized carbons (Fsp3) is 0.375. The number of carbonyl (C=O) groups excluding carboxylic acids is 2. The average molecular weight is 407 g/mol. The van der Waals surface area contributed by atoms with Gasteiger partial charge in [0.25, 0.3) is 5.91 Å². The second kappa shape index (κ2) is 10.1. The quantitative estimate of drug-likeness (QED) is 0.678. The fourth-order valence-electron chi connectivity index (χ4n) is 3.64. The van der Waals surface area contributed by atoms with Crippen LogP contribution in [0.5, 0.6) is 0 Å². The third kappa shape index (κ3) is 5.26. The van der Waals surface area contributed by atoms with Crippen LogP contribution in [0, 0.1) is 12.8 Å². The van der Waals surface area contributed by atoms with E-state index in [2.05, 4.69) is 22.7 Å². The SMILES string of the molecule is CCC1=NN(Cc2ccccc2C)C(=O)[C@H]1CCNC(=O)Nc1cccc(CC)c1. The number of rotatable bonds is 8. The number of carbonyl (C=O) groups is 2. The number of nitrogens with one attached hydrogen (secondary N) is 2. The molecule has 0 bridgehead atoms. The predicted octanol–water partition coefficient (Wildman–Crippen LogP) is 4.49. The van der Waals surface area contributed by atoms with Crippen LogP contribution in [-0.4, -0.2) is 29.2 Å². The minimum absolute atomic E-state index is 0.00737. The van der Waals surface area contributed by atoms with Gasteiger partial charge in [-0.05, 0) is 55.0 Å². The largest absolute Gasteiger partial charge is 0.338 e. The Morgan fingerprint density at radius 1 is 1.10 bits per heavy atom. The van der Waals surface area contributed by atoms with Gasteiger partial charge in [-0.1, -0.05) is 50.2 Å². The van der Waals surface area contributed by atoms with Crippen molar-refractivity contribution in [3.63, 3.8) is 0 Å². The topological polar surface area (TPSA) is 73.8 Å². The molecule has 0 aliphatic carbocycles. The zero-order valence-electron chi connectivity index (χ0n) is 17.9. The van der Waals surface area contributed by atoms with Gasteiger partial charge in [0.2, 0.25) is 0 Å². The number of benzene rings is 2. The summed E-state index contributed by atoms with van der Waals surface area (Å²) in [6.07, 6.45) is 2.17. The van der Waals surface area contributed by atoms with Gasteiger partial charge in [0.05, 0.1) is 18.2 Å². The number of amides is 3. The second-order valence-corrected chi connectivity index (χ2v) is 7.54. The normalized spacial score (nSPS) is 15.8. The molecule has 0 fully saturated rings. The van der Waals surface area contributed by atoms with E-state index in [1.807, 2.05) is 62.4 Å². The highest BCUT2D eigenvalue weighted by atomic mass is 16.2. The van der Waals surface area contributed by atoms with E-state index >= 15 is 0 Å². The van der Waals surface area contributed by atoms with E-state index in [-0.39, 0.29) is 17.9 Å². The number of hydrazone groups is 1. The minimum atomic E-state index is -0.275. The van der Waals surface area contributed by atoms with E-state index in [4.69, 9.17) is 0 Å². The lowest BCUT2D eigenvalue weighted by molar-refractivity contribution is -0.132. The zero-order chi connectivity index (χ0) is 21.5. The summed E-state index contributed by atoms with van der Waals surface area (Å²) in [5, 5.41) is 11.8. The van der Waals surface area contributed by atoms with Crippen LogP contribution in [0.4, 0.5) is 10.5 Å². The Balaban J connectivity index is 1.53. The van der Waals surface area contributed by atoms with Crippen LogP contribution in [0.3, 0.4) is 0 Å². The Morgan fingerprint density at radius 2 is 1.90 bits per heavy atom. The van der Waals surface area contributed by atoms with Gasteiger partial charge in [0, 0.05) is 12.2 Å². The van der Waals surface area contributed by atoms with Gasteiger partial charge in [-0.2, -0.15) is 5.10 Å². The molecule has 2 aromatic carbocycles. The van der Waals surface area contributed by atoms with E-state index in [0.717, 1.165) is 35.4 Å². The first-order valence-corrected chi connectivity index (χ1v) is 10.6. The van der Waals surface area contributed by atoms with Crippen LogP contribution in [0.1, 0.15) is 43.4 Å². The smallest absolute Gasteiger partial charge is 0.319 e. The molecule has 0 saturated carbocycles. The lowest BCUT2D eigenvalue weighted by atomic mass is 9.97. The first-order chi connectivity index (χ1) is 14.5. The van der Waals surface area contributed by atoms with Gasteiger partial charge in [-0.25, -0.2) is 9.80 Å². The number of hydrogen-bond donors (Lipinski definition) is 2. The highest BCUT2D eigenvalue weighted by Crippen LogP contribution is 2.23. The Kier molecular flexibility index (Phi) is 7.22. The summed E-state index contributed by atoms with van der Waals surface area (Å²) in [7, 11) is 0. The molecular formula is C24H30N4O2. The molecule has 30 heavy (non-hydrogen) atoms. The molecule has 1 heterocycles. The van der Waals surface area contributed by atoms with Crippen LogP contribution in [0.2, 0.25) is 0 Å². The number of urea groups is 1. The zero-order valence-corrected chi connectivity index (χ0v) is 17.9. The summed E-state index contributed by atoms with van der Waals surface area (Å²) in [5.74, 6) is -0.268. The predicted molar refractivity (Wildman–Crippen MR) is 120 cm³/mol. The van der Waals surface area contributed by atoms with Crippen LogP contribution in [0.15, 0.2) is 53.6 Å². The first-order valence-electron chi connectivity index (χ1n) is 10.6. The van der Waals surface area contributed by atoms with Crippen molar-refractivity contribution in [3.05, 3.63) is 65.2 Å². The van der Waals surface area contributed by atoms with Crippen LogP contribution in [0.25, 0.3) is 0 Å². The van der Waals surface area contributed by atoms with Crippen molar-refractivity contribution in [2.45, 2.75) is 46.6 Å². The fourth-order valence-corrected chi connectivity index (χ4v) is 3.64. The molecular weight excluding hydrogens is 376 g/mol. The maximum absolute atomic E-state index is 12.9. The van der Waals surface area contributed by atoms with Gasteiger partial charge in [0.15, 0.2) is 0 Å². The lowest BCUT2D eigenvalue weighted by Gasteiger charge is -2.16. The van der Waals surface area contributed by atoms with Gasteiger partial charge in [0.1, 0.15) is 0 Å². The molecule has 2 aromatic rings. The van der Waals surface area contributed by atoms with Gasteiger partial charge >= 0.3 is 6.03 Å². The average Bonchev–Trinajstić information content (AvgIpc) is 3.04. The first kappa shape index (κ1) is 21.6. The molecule has 6 heteroatoms. The van der Waals surface area contributed by atoms with Crippen molar-refractivity contribution in [2.24, 2.45) is 11.0 Å². The summed E-state index contributed by atoms with van der Waals surface area (Å²) >= 11 is 0. The molecule has 1 atom stereocenters. The van der Waals surface area contributed by atoms with E-state index in [1.54, 1.807) is 5.01 Å². The Hall–Kier alpha value is -3.15. The molecule has 0 unspecified atom stereocenters. The Bertz CT molecular complexity index is 938. The van der Waals surface area contributed by atoms with Crippen LogP contribution >= 0.6 is 0 Å². The van der Waals surface area contributed by atoms with Crippen LogP contribution < -0.4 is 10.6 Å². The second-order valence-electron chi connectivity index (χ2n) is 7.54. The van der Waals surface area contributed by atoms with Crippen molar-refractivity contribution in [1.82, 2.24) is 10.3 Å². The van der Waals surface area contributed by atoms with Gasteiger partial charge < -0.3 is 10.6 Å². The molecule has 1 aliphatic heterocycles. The van der Waals surface area contributed by atoms with Crippen molar-refractivity contribution in [3.8, 4) is 0 Å². The lowest BCUT2D eigenvalue weighted by Crippen LogP contribution is -2.34. The molecule has 3 rings (SSSR count). The van der Waals surface area contributed by atoms with Crippen molar-refractivity contribution < 1.29 is 9.59 Å². The minimum Gasteiger partial charge on any atom is -0.338 e. The van der Waals surface area contributed by atoms with Gasteiger partial charge in [-0.3, -0.25) is 4.79 Å². The summed E-state index contributed by atoms with van der Waals surface area (Å²) in [6, 6.07) is 15.6. The molecule has 0 aromatic heterocycles. The van der Waals surface area contributed by atoms with Crippen molar-refractivity contribution >= 4 is 23.3 Å². The van der Waals surface area contributed by atoms with Crippen molar-refractivity contribution in [1.29, 1.82) is 0 Å².